The number of likely N-dealkylation sites (N-methyl/N-ethyl adjacent to an activating group) is 1. The molecule has 0 radical (unpaired) electrons. The second-order valence-corrected chi connectivity index (χ2v) is 8.89. The van der Waals surface area contributed by atoms with Gasteiger partial charge < -0.3 is 19.9 Å². The second-order valence-electron chi connectivity index (χ2n) is 8.89. The van der Waals surface area contributed by atoms with Gasteiger partial charge in [-0.25, -0.2) is 9.59 Å². The third-order valence-electron chi connectivity index (χ3n) is 6.33. The Bertz CT molecular complexity index is 882. The van der Waals surface area contributed by atoms with Gasteiger partial charge in [0.2, 0.25) is 0 Å². The average Bonchev–Trinajstić information content (AvgIpc) is 2.87. The molecule has 2 aromatic rings. The van der Waals surface area contributed by atoms with E-state index in [4.69, 9.17) is 9.47 Å². The van der Waals surface area contributed by atoms with Crippen molar-refractivity contribution in [3.8, 4) is 5.75 Å². The molecule has 1 aliphatic heterocycles. The van der Waals surface area contributed by atoms with Crippen LogP contribution in [0, 0.1) is 5.92 Å². The molecule has 2 aromatic carbocycles. The molecule has 0 aliphatic carbocycles. The van der Waals surface area contributed by atoms with Crippen molar-refractivity contribution in [2.45, 2.75) is 51.2 Å². The first-order valence-corrected chi connectivity index (χ1v) is 12.1. The van der Waals surface area contributed by atoms with Gasteiger partial charge in [-0.2, -0.15) is 0 Å². The second kappa shape index (κ2) is 13.6. The average molecular weight is 469 g/mol. The number of hydrogen-bond acceptors (Lipinski definition) is 5. The number of benzene rings is 2. The molecular formula is C27H36N2O5. The molecule has 1 heterocycles. The van der Waals surface area contributed by atoms with Gasteiger partial charge in [-0.15, -0.1) is 0 Å². The number of nitrogens with one attached hydrogen (secondary N) is 1. The Morgan fingerprint density at radius 1 is 1.03 bits per heavy atom. The third kappa shape index (κ3) is 8.37. The SMILES string of the molecule is CN(C(=O)OCc1ccccc1)[C@@H](Cc1ccc(OCCCCC2CCNCC2)cc1)C(=O)O. The first-order valence-electron chi connectivity index (χ1n) is 12.1. The van der Waals surface area contributed by atoms with Crippen molar-refractivity contribution in [3.05, 3.63) is 65.7 Å². The maximum absolute atomic E-state index is 12.4. The predicted molar refractivity (Wildman–Crippen MR) is 131 cm³/mol. The summed E-state index contributed by atoms with van der Waals surface area (Å²) in [6, 6.07) is 15.7. The van der Waals surface area contributed by atoms with Gasteiger partial charge in [0.15, 0.2) is 0 Å². The maximum Gasteiger partial charge on any atom is 0.410 e. The van der Waals surface area contributed by atoms with Crippen LogP contribution in [0.25, 0.3) is 0 Å². The molecule has 0 saturated carbocycles. The topological polar surface area (TPSA) is 88.1 Å². The molecule has 0 unspecified atom stereocenters. The van der Waals surface area contributed by atoms with Crippen LogP contribution in [0.3, 0.4) is 0 Å². The smallest absolute Gasteiger partial charge is 0.410 e. The van der Waals surface area contributed by atoms with Crippen LogP contribution >= 0.6 is 0 Å². The Labute approximate surface area is 202 Å². The Kier molecular flexibility index (Phi) is 10.2. The molecule has 7 heteroatoms. The van der Waals surface area contributed by atoms with Crippen molar-refractivity contribution in [2.75, 3.05) is 26.7 Å². The van der Waals surface area contributed by atoms with E-state index in [9.17, 15) is 14.7 Å². The highest BCUT2D eigenvalue weighted by Gasteiger charge is 2.28. The number of aliphatic carboxylic acids is 1. The Morgan fingerprint density at radius 2 is 1.74 bits per heavy atom. The summed E-state index contributed by atoms with van der Waals surface area (Å²) in [7, 11) is 1.45. The highest BCUT2D eigenvalue weighted by Crippen LogP contribution is 2.20. The van der Waals surface area contributed by atoms with Gasteiger partial charge in [0.1, 0.15) is 18.4 Å². The van der Waals surface area contributed by atoms with Gasteiger partial charge in [0.25, 0.3) is 0 Å². The highest BCUT2D eigenvalue weighted by atomic mass is 16.6. The van der Waals surface area contributed by atoms with Crippen molar-refractivity contribution < 1.29 is 24.2 Å². The van der Waals surface area contributed by atoms with Gasteiger partial charge in [0.05, 0.1) is 6.61 Å². The number of carboxylic acids is 1. The van der Waals surface area contributed by atoms with Crippen LogP contribution in [-0.4, -0.2) is 54.9 Å². The van der Waals surface area contributed by atoms with Crippen LogP contribution < -0.4 is 10.1 Å². The molecule has 2 N–H and O–H groups in total. The largest absolute Gasteiger partial charge is 0.494 e. The van der Waals surface area contributed by atoms with Crippen LogP contribution in [0.4, 0.5) is 4.79 Å². The molecule has 1 fully saturated rings. The lowest BCUT2D eigenvalue weighted by Crippen LogP contribution is -2.44. The minimum absolute atomic E-state index is 0.0975. The number of carboxylic acid groups (broad SMARTS) is 1. The zero-order valence-electron chi connectivity index (χ0n) is 19.9. The van der Waals surface area contributed by atoms with Crippen molar-refractivity contribution in [1.82, 2.24) is 10.2 Å². The lowest BCUT2D eigenvalue weighted by atomic mass is 9.93. The number of amides is 1. The van der Waals surface area contributed by atoms with E-state index < -0.39 is 18.1 Å². The monoisotopic (exact) mass is 468 g/mol. The number of rotatable bonds is 12. The number of piperidine rings is 1. The molecule has 0 bridgehead atoms. The lowest BCUT2D eigenvalue weighted by molar-refractivity contribution is -0.142. The normalized spacial score (nSPS) is 14.9. The van der Waals surface area contributed by atoms with Crippen molar-refractivity contribution >= 4 is 12.1 Å². The molecule has 0 aromatic heterocycles. The number of hydrogen-bond donors (Lipinski definition) is 2. The summed E-state index contributed by atoms with van der Waals surface area (Å²) >= 11 is 0. The minimum Gasteiger partial charge on any atom is -0.494 e. The minimum atomic E-state index is -1.08. The molecule has 34 heavy (non-hydrogen) atoms. The summed E-state index contributed by atoms with van der Waals surface area (Å²) in [5, 5.41) is 13.1. The van der Waals surface area contributed by atoms with Gasteiger partial charge in [-0.1, -0.05) is 48.9 Å². The third-order valence-corrected chi connectivity index (χ3v) is 6.33. The Hall–Kier alpha value is -3.06. The first-order chi connectivity index (χ1) is 16.5. The zero-order valence-corrected chi connectivity index (χ0v) is 19.9. The quantitative estimate of drug-likeness (QED) is 0.446. The van der Waals surface area contributed by atoms with E-state index in [2.05, 4.69) is 5.32 Å². The highest BCUT2D eigenvalue weighted by molar-refractivity contribution is 5.80. The summed E-state index contributed by atoms with van der Waals surface area (Å²) < 4.78 is 11.1. The van der Waals surface area contributed by atoms with Crippen LogP contribution in [0.5, 0.6) is 5.75 Å². The van der Waals surface area contributed by atoms with E-state index in [1.54, 1.807) is 0 Å². The number of carbonyl (C=O) groups excluding carboxylic acids is 1. The number of unbranched alkanes of at least 4 members (excludes halogenated alkanes) is 1. The molecular weight excluding hydrogens is 432 g/mol. The van der Waals surface area contributed by atoms with Crippen LogP contribution in [0.1, 0.15) is 43.2 Å². The van der Waals surface area contributed by atoms with E-state index >= 15 is 0 Å². The Balaban J connectivity index is 1.41. The van der Waals surface area contributed by atoms with E-state index in [0.717, 1.165) is 47.2 Å². The van der Waals surface area contributed by atoms with Crippen LogP contribution in [-0.2, 0) is 22.6 Å². The van der Waals surface area contributed by atoms with Gasteiger partial charge in [-0.05, 0) is 68.0 Å². The molecule has 0 spiro atoms. The maximum atomic E-state index is 12.4. The summed E-state index contributed by atoms with van der Waals surface area (Å²) in [6.45, 7) is 3.06. The van der Waals surface area contributed by atoms with Gasteiger partial charge >= 0.3 is 12.1 Å². The van der Waals surface area contributed by atoms with E-state index in [1.807, 2.05) is 54.6 Å². The lowest BCUT2D eigenvalue weighted by Gasteiger charge is -2.24. The summed E-state index contributed by atoms with van der Waals surface area (Å²) in [4.78, 5) is 25.4. The van der Waals surface area contributed by atoms with Crippen molar-refractivity contribution in [3.63, 3.8) is 0 Å². The molecule has 1 amide bonds. The van der Waals surface area contributed by atoms with Crippen LogP contribution in [0.2, 0.25) is 0 Å². The Morgan fingerprint density at radius 3 is 2.41 bits per heavy atom. The number of nitrogens with zero attached hydrogens (tertiary/aromatic N) is 1. The number of ether oxygens (including phenoxy) is 2. The summed E-state index contributed by atoms with van der Waals surface area (Å²) in [5.41, 5.74) is 1.66. The number of carbonyl (C=O) groups is 2. The molecule has 7 nitrogen and oxygen atoms in total. The first kappa shape index (κ1) is 25.6. The van der Waals surface area contributed by atoms with Crippen molar-refractivity contribution in [2.24, 2.45) is 5.92 Å². The fourth-order valence-electron chi connectivity index (χ4n) is 4.18. The zero-order chi connectivity index (χ0) is 24.2. The summed E-state index contributed by atoms with van der Waals surface area (Å²) in [5.74, 6) is 0.540. The van der Waals surface area contributed by atoms with Crippen molar-refractivity contribution in [1.29, 1.82) is 0 Å². The van der Waals surface area contributed by atoms with E-state index in [0.29, 0.717) is 6.61 Å². The molecule has 184 valence electrons. The fraction of sp³-hybridized carbons (Fsp3) is 0.481. The molecule has 1 saturated heterocycles. The van der Waals surface area contributed by atoms with E-state index in [-0.39, 0.29) is 13.0 Å². The molecule has 1 atom stereocenters. The van der Waals surface area contributed by atoms with E-state index in [1.165, 1.54) is 32.7 Å². The van der Waals surface area contributed by atoms with Gasteiger partial charge in [-0.3, -0.25) is 4.90 Å². The predicted octanol–water partition coefficient (Wildman–Crippen LogP) is 4.50. The standard InChI is InChI=1S/C27H36N2O5/c1-29(27(32)34-20-23-8-3-2-4-9-23)25(26(30)31)19-22-10-12-24(13-11-22)33-18-6-5-7-21-14-16-28-17-15-21/h2-4,8-13,21,25,28H,5-7,14-20H2,1H3,(H,30,31)/t25-/m0/s1. The van der Waals surface area contributed by atoms with Crippen LogP contribution in [0.15, 0.2) is 54.6 Å². The molecule has 1 aliphatic rings. The van der Waals surface area contributed by atoms with Gasteiger partial charge in [0, 0.05) is 13.5 Å². The summed E-state index contributed by atoms with van der Waals surface area (Å²) in [6.07, 6.45) is 5.54. The molecule has 3 rings (SSSR count). The fourth-order valence-corrected chi connectivity index (χ4v) is 4.18.